The minimum atomic E-state index is 0.135. The van der Waals surface area contributed by atoms with Gasteiger partial charge in [0.15, 0.2) is 0 Å². The van der Waals surface area contributed by atoms with Gasteiger partial charge in [-0.2, -0.15) is 0 Å². The second-order valence-corrected chi connectivity index (χ2v) is 2.75. The van der Waals surface area contributed by atoms with Crippen molar-refractivity contribution in [2.75, 3.05) is 0 Å². The van der Waals surface area contributed by atoms with Crippen molar-refractivity contribution in [2.45, 2.75) is 26.3 Å². The summed E-state index contributed by atoms with van der Waals surface area (Å²) in [6, 6.07) is 0. The largest absolute Gasteiger partial charge is 0.365 e. The maximum Gasteiger partial charge on any atom is 0.145 e. The van der Waals surface area contributed by atoms with E-state index in [1.54, 1.807) is 7.31 Å². The molecule has 0 aliphatic carbocycles. The molecular weight excluding hydrogens is 94.5 g/mol. The molecule has 0 aromatic carbocycles. The lowest BCUT2D eigenvalue weighted by Crippen LogP contribution is -2.41. The van der Waals surface area contributed by atoms with Crippen LogP contribution < -0.4 is 5.23 Å². The SMILES string of the molecule is [B][B][B]NC(C)(C)C. The van der Waals surface area contributed by atoms with E-state index < -0.39 is 0 Å². The van der Waals surface area contributed by atoms with E-state index >= 15 is 0 Å². The third-order valence-electron chi connectivity index (χ3n) is 0.613. The lowest BCUT2D eigenvalue weighted by Gasteiger charge is -2.19. The van der Waals surface area contributed by atoms with Crippen molar-refractivity contribution in [1.82, 2.24) is 5.23 Å². The summed E-state index contributed by atoms with van der Waals surface area (Å²) in [6.07, 6.45) is 0. The topological polar surface area (TPSA) is 12.0 Å². The molecule has 0 saturated carbocycles. The van der Waals surface area contributed by atoms with Crippen molar-refractivity contribution in [3.63, 3.8) is 0 Å². The number of rotatable bonds is 2. The molecule has 1 nitrogen and oxygen atoms in total. The van der Waals surface area contributed by atoms with Crippen LogP contribution in [0.5, 0.6) is 0 Å². The van der Waals surface area contributed by atoms with Crippen LogP contribution in [0.1, 0.15) is 20.8 Å². The molecule has 0 aliphatic heterocycles. The molecular formula is C4H10B3N. The molecule has 0 rings (SSSR count). The second-order valence-electron chi connectivity index (χ2n) is 2.75. The molecule has 0 amide bonds. The number of hydrogen-bond acceptors (Lipinski definition) is 1. The fourth-order valence-electron chi connectivity index (χ4n) is 0.298. The highest BCUT2D eigenvalue weighted by Crippen LogP contribution is 1.94. The fourth-order valence-corrected chi connectivity index (χ4v) is 0.298. The first-order valence-corrected chi connectivity index (χ1v) is 2.71. The first kappa shape index (κ1) is 8.15. The average Bonchev–Trinajstić information content (AvgIpc) is 1.59. The normalized spacial score (nSPS) is 10.9. The third-order valence-corrected chi connectivity index (χ3v) is 0.613. The highest BCUT2D eigenvalue weighted by atomic mass is 14.8. The van der Waals surface area contributed by atoms with Gasteiger partial charge in [0, 0.05) is 14.8 Å². The van der Waals surface area contributed by atoms with Gasteiger partial charge in [-0.1, -0.05) is 0 Å². The lowest BCUT2D eigenvalue weighted by atomic mass is 9.33. The van der Waals surface area contributed by atoms with Gasteiger partial charge in [-0.3, -0.25) is 0 Å². The fraction of sp³-hybridized carbons (Fsp3) is 1.00. The van der Waals surface area contributed by atoms with Crippen LogP contribution in [0, 0.1) is 0 Å². The second kappa shape index (κ2) is 3.23. The quantitative estimate of drug-likeness (QED) is 0.475. The summed E-state index contributed by atoms with van der Waals surface area (Å²) in [6.45, 7) is 6.23. The molecule has 0 heterocycles. The van der Waals surface area contributed by atoms with Gasteiger partial charge in [-0.15, -0.1) is 0 Å². The summed E-state index contributed by atoms with van der Waals surface area (Å²) in [5.41, 5.74) is 0.135. The maximum atomic E-state index is 5.09. The summed E-state index contributed by atoms with van der Waals surface area (Å²) >= 11 is 0. The van der Waals surface area contributed by atoms with Crippen molar-refractivity contribution >= 4 is 22.1 Å². The number of hydrogen-bond donors (Lipinski definition) is 1. The van der Waals surface area contributed by atoms with Crippen LogP contribution in [-0.4, -0.2) is 27.6 Å². The Balaban J connectivity index is 3.11. The van der Waals surface area contributed by atoms with Gasteiger partial charge in [-0.25, -0.2) is 0 Å². The Morgan fingerprint density at radius 3 is 2.00 bits per heavy atom. The van der Waals surface area contributed by atoms with Crippen molar-refractivity contribution in [1.29, 1.82) is 0 Å². The number of nitrogens with one attached hydrogen (secondary N) is 1. The lowest BCUT2D eigenvalue weighted by molar-refractivity contribution is 0.526. The molecule has 0 saturated heterocycles. The summed E-state index contributed by atoms with van der Waals surface area (Å²) in [4.78, 5) is 0. The van der Waals surface area contributed by atoms with Gasteiger partial charge in [0.1, 0.15) is 7.31 Å². The van der Waals surface area contributed by atoms with Crippen LogP contribution >= 0.6 is 0 Å². The molecule has 1 N–H and O–H groups in total. The molecule has 0 aromatic heterocycles. The minimum absolute atomic E-state index is 0.135. The van der Waals surface area contributed by atoms with Crippen LogP contribution in [0.3, 0.4) is 0 Å². The molecule has 0 spiro atoms. The van der Waals surface area contributed by atoms with E-state index in [4.69, 9.17) is 7.74 Å². The van der Waals surface area contributed by atoms with Crippen molar-refractivity contribution in [3.05, 3.63) is 0 Å². The molecule has 0 fully saturated rings. The van der Waals surface area contributed by atoms with Gasteiger partial charge in [-0.05, 0) is 26.3 Å². The predicted octanol–water partition coefficient (Wildman–Crippen LogP) is -0.304. The zero-order valence-electron chi connectivity index (χ0n) is 5.73. The van der Waals surface area contributed by atoms with Crippen LogP contribution in [0.4, 0.5) is 0 Å². The molecule has 40 valence electrons. The Kier molecular flexibility index (Phi) is 3.30. The van der Waals surface area contributed by atoms with E-state index in [0.717, 1.165) is 0 Å². The summed E-state index contributed by atoms with van der Waals surface area (Å²) in [7, 11) is 8.32. The van der Waals surface area contributed by atoms with Crippen LogP contribution in [0.15, 0.2) is 0 Å². The highest BCUT2D eigenvalue weighted by molar-refractivity contribution is 7.23. The average molecular weight is 105 g/mol. The van der Waals surface area contributed by atoms with E-state index in [2.05, 4.69) is 26.0 Å². The van der Waals surface area contributed by atoms with E-state index in [0.29, 0.717) is 0 Å². The van der Waals surface area contributed by atoms with Gasteiger partial charge >= 0.3 is 0 Å². The first-order chi connectivity index (χ1) is 3.56. The summed E-state index contributed by atoms with van der Waals surface area (Å²) in [5, 5.41) is 3.07. The molecule has 0 aliphatic rings. The molecule has 4 radical (unpaired) electrons. The van der Waals surface area contributed by atoms with Gasteiger partial charge in [0.2, 0.25) is 0 Å². The summed E-state index contributed by atoms with van der Waals surface area (Å²) in [5.74, 6) is 0. The van der Waals surface area contributed by atoms with Crippen molar-refractivity contribution < 1.29 is 0 Å². The van der Waals surface area contributed by atoms with Crippen molar-refractivity contribution in [2.24, 2.45) is 0 Å². The van der Waals surface area contributed by atoms with Gasteiger partial charge < -0.3 is 5.23 Å². The van der Waals surface area contributed by atoms with E-state index in [1.165, 1.54) is 7.06 Å². The van der Waals surface area contributed by atoms with Crippen LogP contribution in [0.25, 0.3) is 0 Å². The highest BCUT2D eigenvalue weighted by Gasteiger charge is 2.05. The van der Waals surface area contributed by atoms with E-state index in [1.807, 2.05) is 0 Å². The predicted molar refractivity (Wildman–Crippen MR) is 40.2 cm³/mol. The molecule has 4 heteroatoms. The Labute approximate surface area is 54.5 Å². The monoisotopic (exact) mass is 105 g/mol. The minimum Gasteiger partial charge on any atom is -0.365 e. The molecule has 8 heavy (non-hydrogen) atoms. The zero-order valence-corrected chi connectivity index (χ0v) is 5.73. The Bertz CT molecular complexity index is 58.8. The smallest absolute Gasteiger partial charge is 0.145 e. The molecule has 0 atom stereocenters. The van der Waals surface area contributed by atoms with Gasteiger partial charge in [0.25, 0.3) is 0 Å². The Morgan fingerprint density at radius 1 is 1.38 bits per heavy atom. The van der Waals surface area contributed by atoms with E-state index in [9.17, 15) is 0 Å². The maximum absolute atomic E-state index is 5.09. The first-order valence-electron chi connectivity index (χ1n) is 2.71. The van der Waals surface area contributed by atoms with Crippen LogP contribution in [-0.2, 0) is 0 Å². The van der Waals surface area contributed by atoms with Crippen LogP contribution in [0.2, 0.25) is 0 Å². The molecule has 0 aromatic rings. The van der Waals surface area contributed by atoms with Crippen molar-refractivity contribution in [3.8, 4) is 0 Å². The third kappa shape index (κ3) is 6.15. The van der Waals surface area contributed by atoms with Gasteiger partial charge in [0.05, 0.1) is 0 Å². The van der Waals surface area contributed by atoms with E-state index in [-0.39, 0.29) is 5.54 Å². The zero-order chi connectivity index (χ0) is 6.62. The standard InChI is InChI=1S/C4H10B3N/c1-4(2,3)8-7-6-5/h8H,1-3H3. The Hall–Kier alpha value is 0.155. The summed E-state index contributed by atoms with van der Waals surface area (Å²) < 4.78 is 0. The Morgan fingerprint density at radius 2 is 1.88 bits per heavy atom. The molecule has 0 bridgehead atoms. The molecule has 0 unspecified atom stereocenters.